The molecule has 2 rings (SSSR count). The standard InChI is InChI=1S/C12H16O3S3/c1-12(2,15-9-5-3-4-6-14-9)10-8(7-13)17-11(16)18-10/h7,9H,3-6H2,1-2H3. The second kappa shape index (κ2) is 5.88. The zero-order valence-corrected chi connectivity index (χ0v) is 12.9. The van der Waals surface area contributed by atoms with Gasteiger partial charge in [-0.15, -0.1) is 22.7 Å². The number of rotatable bonds is 4. The molecule has 0 N–H and O–H groups in total. The van der Waals surface area contributed by atoms with E-state index in [1.807, 2.05) is 13.8 Å². The predicted molar refractivity (Wildman–Crippen MR) is 76.1 cm³/mol. The highest BCUT2D eigenvalue weighted by atomic mass is 32.2. The van der Waals surface area contributed by atoms with Crippen LogP contribution in [0.5, 0.6) is 0 Å². The molecule has 0 saturated carbocycles. The first-order valence-corrected chi connectivity index (χ1v) is 7.96. The van der Waals surface area contributed by atoms with Gasteiger partial charge in [0.15, 0.2) is 12.6 Å². The molecule has 0 spiro atoms. The summed E-state index contributed by atoms with van der Waals surface area (Å²) in [4.78, 5) is 12.6. The van der Waals surface area contributed by atoms with Gasteiger partial charge in [0.2, 0.25) is 0 Å². The lowest BCUT2D eigenvalue weighted by molar-refractivity contribution is -0.218. The fourth-order valence-corrected chi connectivity index (χ4v) is 4.60. The van der Waals surface area contributed by atoms with Crippen LogP contribution in [-0.4, -0.2) is 19.2 Å². The van der Waals surface area contributed by atoms with Crippen molar-refractivity contribution < 1.29 is 14.3 Å². The molecule has 100 valence electrons. The van der Waals surface area contributed by atoms with Crippen molar-refractivity contribution in [1.29, 1.82) is 0 Å². The number of hydrogen-bond acceptors (Lipinski definition) is 6. The van der Waals surface area contributed by atoms with Crippen LogP contribution in [0.1, 0.15) is 47.7 Å². The lowest BCUT2D eigenvalue weighted by Gasteiger charge is -2.32. The van der Waals surface area contributed by atoms with Gasteiger partial charge in [0.05, 0.1) is 9.75 Å². The third-order valence-electron chi connectivity index (χ3n) is 2.82. The fourth-order valence-electron chi connectivity index (χ4n) is 1.97. The quantitative estimate of drug-likeness (QED) is 0.619. The van der Waals surface area contributed by atoms with Crippen LogP contribution >= 0.6 is 34.9 Å². The van der Waals surface area contributed by atoms with Crippen molar-refractivity contribution in [3.05, 3.63) is 12.9 Å². The SMILES string of the molecule is CC(C)(OC1CCCCO1)c1sc(=S)sc1C=O. The van der Waals surface area contributed by atoms with Gasteiger partial charge in [0.25, 0.3) is 0 Å². The van der Waals surface area contributed by atoms with Crippen LogP contribution in [0.25, 0.3) is 0 Å². The molecule has 1 atom stereocenters. The Morgan fingerprint density at radius 3 is 2.83 bits per heavy atom. The van der Waals surface area contributed by atoms with Crippen LogP contribution in [0.4, 0.5) is 0 Å². The van der Waals surface area contributed by atoms with Gasteiger partial charge in [-0.25, -0.2) is 0 Å². The molecule has 0 amide bonds. The zero-order chi connectivity index (χ0) is 13.2. The third-order valence-corrected chi connectivity index (χ3v) is 5.72. The van der Waals surface area contributed by atoms with Crippen molar-refractivity contribution in [3.8, 4) is 0 Å². The Balaban J connectivity index is 2.17. The Morgan fingerprint density at radius 2 is 2.22 bits per heavy atom. The molecule has 1 unspecified atom stereocenters. The molecule has 0 radical (unpaired) electrons. The summed E-state index contributed by atoms with van der Waals surface area (Å²) in [5.41, 5.74) is -0.531. The average molecular weight is 304 g/mol. The van der Waals surface area contributed by atoms with Crippen LogP contribution in [0.2, 0.25) is 0 Å². The molecule has 1 aromatic rings. The van der Waals surface area contributed by atoms with Gasteiger partial charge in [-0.05, 0) is 33.1 Å². The summed E-state index contributed by atoms with van der Waals surface area (Å²) in [5.74, 6) is 0. The van der Waals surface area contributed by atoms with Crippen LogP contribution < -0.4 is 0 Å². The molecule has 1 fully saturated rings. The zero-order valence-electron chi connectivity index (χ0n) is 10.4. The van der Waals surface area contributed by atoms with E-state index in [0.29, 0.717) is 4.88 Å². The third kappa shape index (κ3) is 3.24. The number of aldehydes is 1. The number of hydrogen-bond donors (Lipinski definition) is 0. The number of ether oxygens (including phenoxy) is 2. The minimum atomic E-state index is -0.531. The highest BCUT2D eigenvalue weighted by Crippen LogP contribution is 2.37. The first-order valence-electron chi connectivity index (χ1n) is 5.92. The first-order chi connectivity index (χ1) is 8.53. The minimum absolute atomic E-state index is 0.172. The maximum atomic E-state index is 11.1. The lowest BCUT2D eigenvalue weighted by atomic mass is 10.1. The van der Waals surface area contributed by atoms with E-state index in [9.17, 15) is 4.79 Å². The van der Waals surface area contributed by atoms with Crippen LogP contribution in [0, 0.1) is 3.14 Å². The highest BCUT2D eigenvalue weighted by molar-refractivity contribution is 7.76. The summed E-state index contributed by atoms with van der Waals surface area (Å²) in [6, 6.07) is 0. The minimum Gasteiger partial charge on any atom is -0.353 e. The fraction of sp³-hybridized carbons (Fsp3) is 0.667. The molecule has 0 aromatic carbocycles. The summed E-state index contributed by atoms with van der Waals surface area (Å²) in [5, 5.41) is 0. The maximum absolute atomic E-state index is 11.1. The largest absolute Gasteiger partial charge is 0.353 e. The highest BCUT2D eigenvalue weighted by Gasteiger charge is 2.31. The van der Waals surface area contributed by atoms with Gasteiger partial charge in [-0.3, -0.25) is 4.79 Å². The number of carbonyl (C=O) groups excluding carboxylic acids is 1. The smallest absolute Gasteiger partial charge is 0.161 e. The molecule has 18 heavy (non-hydrogen) atoms. The molecule has 1 aliphatic heterocycles. The molecule has 0 aliphatic carbocycles. The van der Waals surface area contributed by atoms with E-state index in [0.717, 1.165) is 40.2 Å². The molecular weight excluding hydrogens is 288 g/mol. The molecule has 1 aromatic heterocycles. The summed E-state index contributed by atoms with van der Waals surface area (Å²) in [6.07, 6.45) is 3.82. The summed E-state index contributed by atoms with van der Waals surface area (Å²) in [6.45, 7) is 4.68. The van der Waals surface area contributed by atoms with Gasteiger partial charge >= 0.3 is 0 Å². The molecular formula is C12H16O3S3. The lowest BCUT2D eigenvalue weighted by Crippen LogP contribution is -2.32. The van der Waals surface area contributed by atoms with E-state index in [4.69, 9.17) is 21.7 Å². The molecule has 1 saturated heterocycles. The van der Waals surface area contributed by atoms with Crippen molar-refractivity contribution in [1.82, 2.24) is 0 Å². The van der Waals surface area contributed by atoms with Gasteiger partial charge < -0.3 is 9.47 Å². The van der Waals surface area contributed by atoms with Gasteiger partial charge in [0, 0.05) is 6.61 Å². The Bertz CT molecular complexity index is 469. The van der Waals surface area contributed by atoms with Crippen molar-refractivity contribution in [2.24, 2.45) is 0 Å². The summed E-state index contributed by atoms with van der Waals surface area (Å²) >= 11 is 7.95. The van der Waals surface area contributed by atoms with Crippen LogP contribution in [0.3, 0.4) is 0 Å². The Labute approximate surface area is 120 Å². The van der Waals surface area contributed by atoms with E-state index >= 15 is 0 Å². The Morgan fingerprint density at radius 1 is 1.44 bits per heavy atom. The van der Waals surface area contributed by atoms with Gasteiger partial charge in [-0.2, -0.15) is 0 Å². The van der Waals surface area contributed by atoms with E-state index in [1.165, 1.54) is 22.7 Å². The van der Waals surface area contributed by atoms with E-state index in [1.54, 1.807) is 0 Å². The van der Waals surface area contributed by atoms with Crippen molar-refractivity contribution in [2.75, 3.05) is 6.61 Å². The molecule has 3 nitrogen and oxygen atoms in total. The molecule has 1 aliphatic rings. The maximum Gasteiger partial charge on any atom is 0.161 e. The number of carbonyl (C=O) groups is 1. The average Bonchev–Trinajstić information content (AvgIpc) is 2.72. The molecule has 2 heterocycles. The van der Waals surface area contributed by atoms with Gasteiger partial charge in [-0.1, -0.05) is 12.2 Å². The monoisotopic (exact) mass is 304 g/mol. The van der Waals surface area contributed by atoms with Gasteiger partial charge in [0.1, 0.15) is 8.74 Å². The normalized spacial score (nSPS) is 20.9. The second-order valence-electron chi connectivity index (χ2n) is 4.69. The summed E-state index contributed by atoms with van der Waals surface area (Å²) in [7, 11) is 0. The molecule has 0 bridgehead atoms. The van der Waals surface area contributed by atoms with E-state index in [2.05, 4.69) is 0 Å². The topological polar surface area (TPSA) is 35.5 Å². The Kier molecular flexibility index (Phi) is 4.66. The van der Waals surface area contributed by atoms with Crippen molar-refractivity contribution >= 4 is 41.2 Å². The summed E-state index contributed by atoms with van der Waals surface area (Å²) < 4.78 is 12.4. The van der Waals surface area contributed by atoms with Crippen molar-refractivity contribution in [2.45, 2.75) is 45.0 Å². The van der Waals surface area contributed by atoms with Crippen LogP contribution in [-0.2, 0) is 15.1 Å². The second-order valence-corrected chi connectivity index (χ2v) is 7.95. The Hall–Kier alpha value is -0.140. The van der Waals surface area contributed by atoms with E-state index in [-0.39, 0.29) is 6.29 Å². The molecule has 6 heteroatoms. The first kappa shape index (κ1) is 14.3. The van der Waals surface area contributed by atoms with E-state index < -0.39 is 5.60 Å². The van der Waals surface area contributed by atoms with Crippen molar-refractivity contribution in [3.63, 3.8) is 0 Å². The van der Waals surface area contributed by atoms with Crippen LogP contribution in [0.15, 0.2) is 0 Å². The predicted octanol–water partition coefficient (Wildman–Crippen LogP) is 4.13.